The van der Waals surface area contributed by atoms with Crippen molar-refractivity contribution in [1.29, 1.82) is 0 Å². The lowest BCUT2D eigenvalue weighted by molar-refractivity contribution is 0.0609. The number of hydrogen-bond acceptors (Lipinski definition) is 3. The number of aliphatic hydroxyl groups excluding tert-OH is 1. The molecule has 0 aromatic heterocycles. The van der Waals surface area contributed by atoms with Crippen molar-refractivity contribution in [3.05, 3.63) is 32.7 Å². The van der Waals surface area contributed by atoms with Crippen LogP contribution in [0.1, 0.15) is 10.4 Å². The van der Waals surface area contributed by atoms with Crippen LogP contribution in [0, 0.1) is 0 Å². The number of amides is 1. The molecule has 0 aliphatic rings. The number of halogens is 2. The van der Waals surface area contributed by atoms with Crippen LogP contribution < -0.4 is 5.32 Å². The summed E-state index contributed by atoms with van der Waals surface area (Å²) in [6.45, 7) is 0.358. The van der Waals surface area contributed by atoms with Gasteiger partial charge in [0.2, 0.25) is 0 Å². The molecular weight excluding hydrogens is 354 g/mol. The van der Waals surface area contributed by atoms with Crippen molar-refractivity contribution < 1.29 is 14.6 Å². The van der Waals surface area contributed by atoms with E-state index in [9.17, 15) is 9.90 Å². The molecule has 1 aromatic carbocycles. The van der Waals surface area contributed by atoms with E-state index in [0.29, 0.717) is 10.0 Å². The highest BCUT2D eigenvalue weighted by atomic mass is 79.9. The number of rotatable bonds is 5. The summed E-state index contributed by atoms with van der Waals surface area (Å²) in [6.07, 6.45) is -0.696. The van der Waals surface area contributed by atoms with E-state index in [2.05, 4.69) is 37.2 Å². The molecule has 0 aliphatic carbocycles. The molecule has 6 heteroatoms. The van der Waals surface area contributed by atoms with E-state index in [-0.39, 0.29) is 19.1 Å². The summed E-state index contributed by atoms with van der Waals surface area (Å²) in [5, 5.41) is 12.0. The second-order valence-electron chi connectivity index (χ2n) is 3.44. The standard InChI is InChI=1S/C11H13Br2NO3/c1-17-6-8(15)5-14-11(16)9-3-2-7(12)4-10(9)13/h2-4,8,15H,5-6H2,1H3,(H,14,16). The minimum atomic E-state index is -0.696. The Morgan fingerprint density at radius 3 is 2.82 bits per heavy atom. The van der Waals surface area contributed by atoms with Crippen LogP contribution in [0.4, 0.5) is 0 Å². The van der Waals surface area contributed by atoms with Gasteiger partial charge >= 0.3 is 0 Å². The van der Waals surface area contributed by atoms with E-state index in [1.165, 1.54) is 7.11 Å². The Kier molecular flexibility index (Phi) is 6.11. The fourth-order valence-electron chi connectivity index (χ4n) is 1.23. The lowest BCUT2D eigenvalue weighted by Crippen LogP contribution is -2.34. The number of aliphatic hydroxyl groups is 1. The van der Waals surface area contributed by atoms with Crippen molar-refractivity contribution in [1.82, 2.24) is 5.32 Å². The Balaban J connectivity index is 2.58. The first-order valence-electron chi connectivity index (χ1n) is 4.95. The van der Waals surface area contributed by atoms with E-state index in [1.54, 1.807) is 18.2 Å². The van der Waals surface area contributed by atoms with Gasteiger partial charge in [0.05, 0.1) is 18.3 Å². The highest BCUT2D eigenvalue weighted by molar-refractivity contribution is 9.11. The molecule has 1 unspecified atom stereocenters. The summed E-state index contributed by atoms with van der Waals surface area (Å²) in [5.74, 6) is -0.237. The van der Waals surface area contributed by atoms with Crippen LogP contribution in [-0.2, 0) is 4.74 Å². The van der Waals surface area contributed by atoms with Gasteiger partial charge in [-0.2, -0.15) is 0 Å². The normalized spacial score (nSPS) is 12.2. The molecule has 0 heterocycles. The largest absolute Gasteiger partial charge is 0.389 e. The molecule has 2 N–H and O–H groups in total. The van der Waals surface area contributed by atoms with Crippen LogP contribution in [-0.4, -0.2) is 37.4 Å². The van der Waals surface area contributed by atoms with Gasteiger partial charge in [-0.3, -0.25) is 4.79 Å². The highest BCUT2D eigenvalue weighted by Crippen LogP contribution is 2.21. The average Bonchev–Trinajstić information content (AvgIpc) is 2.26. The molecule has 0 radical (unpaired) electrons. The number of nitrogens with one attached hydrogen (secondary N) is 1. The van der Waals surface area contributed by atoms with Crippen molar-refractivity contribution in [3.8, 4) is 0 Å². The topological polar surface area (TPSA) is 58.6 Å². The molecule has 1 atom stereocenters. The van der Waals surface area contributed by atoms with Crippen molar-refractivity contribution >= 4 is 37.8 Å². The van der Waals surface area contributed by atoms with Gasteiger partial charge in [-0.25, -0.2) is 0 Å². The summed E-state index contributed by atoms with van der Waals surface area (Å²) < 4.78 is 6.35. The van der Waals surface area contributed by atoms with Gasteiger partial charge < -0.3 is 15.2 Å². The van der Waals surface area contributed by atoms with Gasteiger partial charge in [-0.15, -0.1) is 0 Å². The minimum absolute atomic E-state index is 0.162. The second-order valence-corrected chi connectivity index (χ2v) is 5.21. The molecule has 1 aromatic rings. The Morgan fingerprint density at radius 1 is 1.53 bits per heavy atom. The zero-order valence-corrected chi connectivity index (χ0v) is 12.4. The zero-order chi connectivity index (χ0) is 12.8. The molecule has 4 nitrogen and oxygen atoms in total. The van der Waals surface area contributed by atoms with Crippen LogP contribution in [0.5, 0.6) is 0 Å². The van der Waals surface area contributed by atoms with Gasteiger partial charge in [0, 0.05) is 22.6 Å². The third-order valence-corrected chi connectivity index (χ3v) is 3.18. The molecule has 17 heavy (non-hydrogen) atoms. The summed E-state index contributed by atoms with van der Waals surface area (Å²) >= 11 is 6.62. The second kappa shape index (κ2) is 7.10. The molecule has 94 valence electrons. The predicted octanol–water partition coefficient (Wildman–Crippen LogP) is 1.95. The number of ether oxygens (including phenoxy) is 1. The third-order valence-electron chi connectivity index (χ3n) is 2.03. The van der Waals surface area contributed by atoms with Crippen molar-refractivity contribution in [3.63, 3.8) is 0 Å². The summed E-state index contributed by atoms with van der Waals surface area (Å²) in [7, 11) is 1.50. The number of carbonyl (C=O) groups is 1. The van der Waals surface area contributed by atoms with Crippen LogP contribution in [0.25, 0.3) is 0 Å². The van der Waals surface area contributed by atoms with Crippen molar-refractivity contribution in [2.45, 2.75) is 6.10 Å². The maximum atomic E-state index is 11.8. The average molecular weight is 367 g/mol. The monoisotopic (exact) mass is 365 g/mol. The third kappa shape index (κ3) is 4.75. The summed E-state index contributed by atoms with van der Waals surface area (Å²) in [5.41, 5.74) is 0.526. The van der Waals surface area contributed by atoms with Crippen molar-refractivity contribution in [2.24, 2.45) is 0 Å². The molecule has 1 rings (SSSR count). The SMILES string of the molecule is COCC(O)CNC(=O)c1ccc(Br)cc1Br. The summed E-state index contributed by atoms with van der Waals surface area (Å²) in [4.78, 5) is 11.8. The molecule has 0 saturated heterocycles. The fraction of sp³-hybridized carbons (Fsp3) is 0.364. The van der Waals surface area contributed by atoms with Crippen LogP contribution >= 0.6 is 31.9 Å². The minimum Gasteiger partial charge on any atom is -0.389 e. The molecule has 0 aliphatic heterocycles. The Morgan fingerprint density at radius 2 is 2.24 bits per heavy atom. The molecule has 0 fully saturated rings. The quantitative estimate of drug-likeness (QED) is 0.837. The Labute approximate surface area is 117 Å². The number of methoxy groups -OCH3 is 1. The number of hydrogen-bond donors (Lipinski definition) is 2. The Hall–Kier alpha value is -0.430. The maximum absolute atomic E-state index is 11.8. The van der Waals surface area contributed by atoms with Gasteiger partial charge in [0.1, 0.15) is 0 Å². The smallest absolute Gasteiger partial charge is 0.252 e. The zero-order valence-electron chi connectivity index (χ0n) is 9.24. The van der Waals surface area contributed by atoms with E-state index < -0.39 is 6.10 Å². The van der Waals surface area contributed by atoms with Crippen molar-refractivity contribution in [2.75, 3.05) is 20.3 Å². The fourth-order valence-corrected chi connectivity index (χ4v) is 2.46. The Bertz CT molecular complexity index is 398. The lowest BCUT2D eigenvalue weighted by Gasteiger charge is -2.11. The van der Waals surface area contributed by atoms with Gasteiger partial charge in [0.25, 0.3) is 5.91 Å². The van der Waals surface area contributed by atoms with Crippen LogP contribution in [0.3, 0.4) is 0 Å². The van der Waals surface area contributed by atoms with E-state index in [4.69, 9.17) is 4.74 Å². The molecule has 0 saturated carbocycles. The first-order chi connectivity index (χ1) is 8.04. The maximum Gasteiger partial charge on any atom is 0.252 e. The van der Waals surface area contributed by atoms with Gasteiger partial charge in [0.15, 0.2) is 0 Å². The van der Waals surface area contributed by atoms with Gasteiger partial charge in [-0.05, 0) is 34.1 Å². The first-order valence-corrected chi connectivity index (χ1v) is 6.53. The molecule has 0 bridgehead atoms. The molecule has 1 amide bonds. The number of carbonyl (C=O) groups excluding carboxylic acids is 1. The first kappa shape index (κ1) is 14.6. The van der Waals surface area contributed by atoms with E-state index in [1.807, 2.05) is 0 Å². The lowest BCUT2D eigenvalue weighted by atomic mass is 10.2. The van der Waals surface area contributed by atoms with E-state index >= 15 is 0 Å². The molecular formula is C11H13Br2NO3. The van der Waals surface area contributed by atoms with E-state index in [0.717, 1.165) is 4.47 Å². The number of benzene rings is 1. The van der Waals surface area contributed by atoms with Gasteiger partial charge in [-0.1, -0.05) is 15.9 Å². The predicted molar refractivity (Wildman–Crippen MR) is 72.1 cm³/mol. The molecule has 0 spiro atoms. The summed E-state index contributed by atoms with van der Waals surface area (Å²) in [6, 6.07) is 5.28. The van der Waals surface area contributed by atoms with Crippen LogP contribution in [0.2, 0.25) is 0 Å². The highest BCUT2D eigenvalue weighted by Gasteiger charge is 2.11. The van der Waals surface area contributed by atoms with Crippen LogP contribution in [0.15, 0.2) is 27.1 Å².